The molecule has 0 saturated carbocycles. The van der Waals surface area contributed by atoms with Gasteiger partial charge in [-0.2, -0.15) is 4.72 Å². The summed E-state index contributed by atoms with van der Waals surface area (Å²) in [6, 6.07) is 21.4. The first-order valence-electron chi connectivity index (χ1n) is 9.62. The molecule has 2 atom stereocenters. The van der Waals surface area contributed by atoms with Crippen LogP contribution >= 0.6 is 27.5 Å². The Hall–Kier alpha value is -2.19. The van der Waals surface area contributed by atoms with Crippen molar-refractivity contribution in [1.82, 2.24) is 10.0 Å². The van der Waals surface area contributed by atoms with E-state index in [1.807, 2.05) is 49.4 Å². The number of hydrogen-bond acceptors (Lipinski definition) is 3. The van der Waals surface area contributed by atoms with Crippen LogP contribution in [0.4, 0.5) is 0 Å². The van der Waals surface area contributed by atoms with Crippen molar-refractivity contribution in [2.75, 3.05) is 0 Å². The second-order valence-electron chi connectivity index (χ2n) is 7.10. The van der Waals surface area contributed by atoms with Crippen LogP contribution in [-0.4, -0.2) is 20.4 Å². The van der Waals surface area contributed by atoms with Gasteiger partial charge in [0.15, 0.2) is 0 Å². The van der Waals surface area contributed by atoms with Crippen LogP contribution in [0, 0.1) is 0 Å². The van der Waals surface area contributed by atoms with Gasteiger partial charge in [-0.1, -0.05) is 70.0 Å². The van der Waals surface area contributed by atoms with Crippen molar-refractivity contribution in [3.8, 4) is 0 Å². The van der Waals surface area contributed by atoms with E-state index in [0.717, 1.165) is 15.6 Å². The van der Waals surface area contributed by atoms with E-state index in [9.17, 15) is 13.2 Å². The number of carbonyl (C=O) groups excluding carboxylic acids is 1. The molecule has 0 aliphatic carbocycles. The molecule has 0 heterocycles. The van der Waals surface area contributed by atoms with Crippen molar-refractivity contribution in [2.45, 2.75) is 30.3 Å². The Balaban J connectivity index is 1.82. The summed E-state index contributed by atoms with van der Waals surface area (Å²) in [5.74, 6) is -0.410. The summed E-state index contributed by atoms with van der Waals surface area (Å²) in [6.45, 7) is 1.84. The Morgan fingerprint density at radius 2 is 1.58 bits per heavy atom. The summed E-state index contributed by atoms with van der Waals surface area (Å²) in [5.41, 5.74) is 1.72. The minimum Gasteiger partial charge on any atom is -0.348 e. The van der Waals surface area contributed by atoms with Gasteiger partial charge in [0.05, 0.1) is 10.9 Å². The molecule has 3 aromatic carbocycles. The molecule has 0 aromatic heterocycles. The first-order chi connectivity index (χ1) is 14.7. The van der Waals surface area contributed by atoms with Gasteiger partial charge in [0, 0.05) is 9.50 Å². The molecule has 31 heavy (non-hydrogen) atoms. The van der Waals surface area contributed by atoms with Gasteiger partial charge in [0.2, 0.25) is 15.9 Å². The molecule has 0 radical (unpaired) electrons. The number of hydrogen-bond donors (Lipinski definition) is 2. The Labute approximate surface area is 196 Å². The van der Waals surface area contributed by atoms with Crippen molar-refractivity contribution in [1.29, 1.82) is 0 Å². The third-order valence-corrected chi connectivity index (χ3v) is 7.02. The highest BCUT2D eigenvalue weighted by molar-refractivity contribution is 9.10. The number of nitrogens with one attached hydrogen (secondary N) is 2. The third kappa shape index (κ3) is 6.64. The molecule has 0 unspecified atom stereocenters. The zero-order chi connectivity index (χ0) is 22.4. The van der Waals surface area contributed by atoms with E-state index in [2.05, 4.69) is 26.0 Å². The molecule has 162 valence electrons. The van der Waals surface area contributed by atoms with Crippen LogP contribution in [0.2, 0.25) is 5.02 Å². The molecule has 1 amide bonds. The average molecular weight is 522 g/mol. The number of sulfonamides is 1. The second kappa shape index (κ2) is 10.4. The normalized spacial score (nSPS) is 13.4. The molecular weight excluding hydrogens is 500 g/mol. The fourth-order valence-corrected chi connectivity index (χ4v) is 4.64. The molecule has 8 heteroatoms. The van der Waals surface area contributed by atoms with Crippen molar-refractivity contribution in [3.05, 3.63) is 99.5 Å². The molecular formula is C23H22BrClN2O3S. The maximum atomic E-state index is 13.1. The SMILES string of the molecule is C[C@@H](NC(=O)[C@@H](Cc1ccccc1)NS(=O)(=O)c1ccc(Br)cc1)c1ccc(Cl)cc1. The maximum absolute atomic E-state index is 13.1. The van der Waals surface area contributed by atoms with Crippen LogP contribution < -0.4 is 10.0 Å². The first kappa shape index (κ1) is 23.5. The summed E-state index contributed by atoms with van der Waals surface area (Å²) in [6.07, 6.45) is 0.218. The van der Waals surface area contributed by atoms with Gasteiger partial charge >= 0.3 is 0 Å². The zero-order valence-corrected chi connectivity index (χ0v) is 19.9. The molecule has 0 saturated heterocycles. The summed E-state index contributed by atoms with van der Waals surface area (Å²) >= 11 is 9.23. The number of rotatable bonds is 8. The standard InChI is InChI=1S/C23H22BrClN2O3S/c1-16(18-7-11-20(25)12-8-18)26-23(28)22(15-17-5-3-2-4-6-17)27-31(29,30)21-13-9-19(24)10-14-21/h2-14,16,22,27H,15H2,1H3,(H,26,28)/t16-,22-/m1/s1. The quantitative estimate of drug-likeness (QED) is 0.444. The predicted molar refractivity (Wildman–Crippen MR) is 126 cm³/mol. The number of halogens is 2. The van der Waals surface area contributed by atoms with E-state index in [1.54, 1.807) is 24.3 Å². The van der Waals surface area contributed by atoms with Gasteiger partial charge in [-0.05, 0) is 60.9 Å². The van der Waals surface area contributed by atoms with Crippen LogP contribution in [0.5, 0.6) is 0 Å². The van der Waals surface area contributed by atoms with E-state index in [1.165, 1.54) is 12.1 Å². The lowest BCUT2D eigenvalue weighted by Crippen LogP contribution is -2.48. The molecule has 2 N–H and O–H groups in total. The van der Waals surface area contributed by atoms with Crippen molar-refractivity contribution >= 4 is 43.5 Å². The minimum absolute atomic E-state index is 0.0901. The number of benzene rings is 3. The zero-order valence-electron chi connectivity index (χ0n) is 16.8. The van der Waals surface area contributed by atoms with E-state index in [-0.39, 0.29) is 17.4 Å². The van der Waals surface area contributed by atoms with E-state index < -0.39 is 22.0 Å². The summed E-state index contributed by atoms with van der Waals surface area (Å²) in [5, 5.41) is 3.51. The molecule has 0 spiro atoms. The lowest BCUT2D eigenvalue weighted by Gasteiger charge is -2.22. The lowest BCUT2D eigenvalue weighted by atomic mass is 10.0. The molecule has 3 aromatic rings. The highest BCUT2D eigenvalue weighted by Crippen LogP contribution is 2.18. The van der Waals surface area contributed by atoms with E-state index in [4.69, 9.17) is 11.6 Å². The Bertz CT molecular complexity index is 1120. The summed E-state index contributed by atoms with van der Waals surface area (Å²) in [7, 11) is -3.90. The summed E-state index contributed by atoms with van der Waals surface area (Å²) in [4.78, 5) is 13.2. The molecule has 3 rings (SSSR count). The van der Waals surface area contributed by atoms with Crippen LogP contribution in [0.25, 0.3) is 0 Å². The first-order valence-corrected chi connectivity index (χ1v) is 12.3. The fourth-order valence-electron chi connectivity index (χ4n) is 3.06. The average Bonchev–Trinajstić information content (AvgIpc) is 2.74. The highest BCUT2D eigenvalue weighted by atomic mass is 79.9. The lowest BCUT2D eigenvalue weighted by molar-refractivity contribution is -0.123. The van der Waals surface area contributed by atoms with Gasteiger partial charge in [0.1, 0.15) is 6.04 Å². The minimum atomic E-state index is -3.90. The monoisotopic (exact) mass is 520 g/mol. The van der Waals surface area contributed by atoms with E-state index >= 15 is 0 Å². The smallest absolute Gasteiger partial charge is 0.241 e. The molecule has 0 aliphatic rings. The highest BCUT2D eigenvalue weighted by Gasteiger charge is 2.27. The van der Waals surface area contributed by atoms with Crippen LogP contribution in [-0.2, 0) is 21.2 Å². The van der Waals surface area contributed by atoms with Gasteiger partial charge in [-0.3, -0.25) is 4.79 Å². The van der Waals surface area contributed by atoms with Crippen LogP contribution in [0.15, 0.2) is 88.2 Å². The van der Waals surface area contributed by atoms with Gasteiger partial charge in [-0.25, -0.2) is 8.42 Å². The molecule has 0 aliphatic heterocycles. The largest absolute Gasteiger partial charge is 0.348 e. The Kier molecular flexibility index (Phi) is 7.89. The molecule has 0 bridgehead atoms. The predicted octanol–water partition coefficient (Wildman–Crippen LogP) is 4.87. The van der Waals surface area contributed by atoms with E-state index in [0.29, 0.717) is 5.02 Å². The number of amides is 1. The fraction of sp³-hybridized carbons (Fsp3) is 0.174. The van der Waals surface area contributed by atoms with Crippen molar-refractivity contribution < 1.29 is 13.2 Å². The third-order valence-electron chi connectivity index (χ3n) is 4.75. The second-order valence-corrected chi connectivity index (χ2v) is 10.2. The van der Waals surface area contributed by atoms with Gasteiger partial charge in [0.25, 0.3) is 0 Å². The Morgan fingerprint density at radius 3 is 2.19 bits per heavy atom. The van der Waals surface area contributed by atoms with Gasteiger partial charge < -0.3 is 5.32 Å². The maximum Gasteiger partial charge on any atom is 0.241 e. The Morgan fingerprint density at radius 1 is 0.968 bits per heavy atom. The van der Waals surface area contributed by atoms with Gasteiger partial charge in [-0.15, -0.1) is 0 Å². The van der Waals surface area contributed by atoms with Crippen LogP contribution in [0.3, 0.4) is 0 Å². The van der Waals surface area contributed by atoms with Crippen molar-refractivity contribution in [3.63, 3.8) is 0 Å². The molecule has 5 nitrogen and oxygen atoms in total. The topological polar surface area (TPSA) is 75.3 Å². The van der Waals surface area contributed by atoms with Crippen molar-refractivity contribution in [2.24, 2.45) is 0 Å². The van der Waals surface area contributed by atoms with Crippen LogP contribution in [0.1, 0.15) is 24.1 Å². The summed E-state index contributed by atoms with van der Waals surface area (Å²) < 4.78 is 29.2. The number of carbonyl (C=O) groups is 1. The molecule has 0 fully saturated rings.